The van der Waals surface area contributed by atoms with Gasteiger partial charge in [-0.2, -0.15) is 0 Å². The fraction of sp³-hybridized carbons (Fsp3) is 0.111. The number of carboxylic acids is 1. The van der Waals surface area contributed by atoms with Gasteiger partial charge in [0.15, 0.2) is 10.9 Å². The lowest BCUT2D eigenvalue weighted by Crippen LogP contribution is -1.95. The van der Waals surface area contributed by atoms with Gasteiger partial charge in [0.05, 0.1) is 0 Å². The summed E-state index contributed by atoms with van der Waals surface area (Å²) in [7, 11) is 0. The third-order valence-corrected chi connectivity index (χ3v) is 3.25. The molecule has 2 rings (SSSR count). The molecule has 0 bridgehead atoms. The van der Waals surface area contributed by atoms with Crippen LogP contribution < -0.4 is 0 Å². The Morgan fingerprint density at radius 1 is 1.44 bits per heavy atom. The minimum atomic E-state index is -1.02. The summed E-state index contributed by atoms with van der Waals surface area (Å²) in [6.07, 6.45) is 5.17. The normalized spacial score (nSPS) is 10.3. The first kappa shape index (κ1) is 11.0. The van der Waals surface area contributed by atoms with Gasteiger partial charge in [-0.3, -0.25) is 0 Å². The van der Waals surface area contributed by atoms with E-state index in [1.54, 1.807) is 12.4 Å². The van der Waals surface area contributed by atoms with E-state index in [9.17, 15) is 4.79 Å². The van der Waals surface area contributed by atoms with Crippen molar-refractivity contribution in [2.75, 3.05) is 6.26 Å². The van der Waals surface area contributed by atoms with Crippen LogP contribution in [0.15, 0.2) is 22.9 Å². The molecule has 0 aromatic carbocycles. The van der Waals surface area contributed by atoms with Crippen molar-refractivity contribution < 1.29 is 9.90 Å². The van der Waals surface area contributed by atoms with E-state index in [0.717, 1.165) is 5.56 Å². The van der Waals surface area contributed by atoms with Crippen LogP contribution >= 0.6 is 23.1 Å². The van der Waals surface area contributed by atoms with Crippen LogP contribution in [0, 0.1) is 0 Å². The van der Waals surface area contributed by atoms with Gasteiger partial charge in [0.1, 0.15) is 5.01 Å². The fourth-order valence-electron chi connectivity index (χ4n) is 1.04. The van der Waals surface area contributed by atoms with Gasteiger partial charge < -0.3 is 5.11 Å². The number of aromatic carboxylic acids is 1. The number of thioether (sulfide) groups is 1. The number of hydrogen-bond donors (Lipinski definition) is 1. The summed E-state index contributed by atoms with van der Waals surface area (Å²) in [5.74, 6) is -1.02. The molecule has 2 aromatic rings. The Morgan fingerprint density at radius 3 is 2.62 bits per heavy atom. The van der Waals surface area contributed by atoms with Gasteiger partial charge in [0.25, 0.3) is 0 Å². The number of carbonyl (C=O) groups is 1. The fourth-order valence-corrected chi connectivity index (χ4v) is 2.12. The number of nitrogens with zero attached hydrogens (tertiary/aromatic N) is 3. The van der Waals surface area contributed by atoms with E-state index < -0.39 is 5.97 Å². The van der Waals surface area contributed by atoms with E-state index in [0.29, 0.717) is 10.2 Å². The lowest BCUT2D eigenvalue weighted by molar-refractivity contribution is 0.0691. The van der Waals surface area contributed by atoms with Gasteiger partial charge in [-0.15, -0.1) is 11.3 Å². The summed E-state index contributed by atoms with van der Waals surface area (Å²) in [6.45, 7) is 0. The van der Waals surface area contributed by atoms with Crippen LogP contribution in [-0.4, -0.2) is 32.3 Å². The monoisotopic (exact) mass is 253 g/mol. The van der Waals surface area contributed by atoms with Gasteiger partial charge >= 0.3 is 5.97 Å². The van der Waals surface area contributed by atoms with E-state index in [1.807, 2.05) is 6.26 Å². The molecule has 2 heterocycles. The van der Waals surface area contributed by atoms with Crippen molar-refractivity contribution in [3.63, 3.8) is 0 Å². The summed E-state index contributed by atoms with van der Waals surface area (Å²) in [4.78, 5) is 22.8. The highest BCUT2D eigenvalue weighted by Crippen LogP contribution is 2.23. The Kier molecular flexibility index (Phi) is 3.16. The van der Waals surface area contributed by atoms with Gasteiger partial charge in [0.2, 0.25) is 0 Å². The number of rotatable bonds is 3. The molecule has 0 saturated carbocycles. The van der Waals surface area contributed by atoms with Crippen molar-refractivity contribution in [3.8, 4) is 10.6 Å². The zero-order valence-electron chi connectivity index (χ0n) is 8.25. The molecule has 0 unspecified atom stereocenters. The van der Waals surface area contributed by atoms with Crippen LogP contribution in [-0.2, 0) is 0 Å². The largest absolute Gasteiger partial charge is 0.476 e. The molecule has 0 aliphatic carbocycles. The molecule has 0 amide bonds. The van der Waals surface area contributed by atoms with Gasteiger partial charge in [-0.25, -0.2) is 19.7 Å². The maximum atomic E-state index is 10.7. The maximum Gasteiger partial charge on any atom is 0.355 e. The molecule has 0 radical (unpaired) electrons. The first-order valence-electron chi connectivity index (χ1n) is 4.26. The van der Waals surface area contributed by atoms with Crippen LogP contribution in [0.4, 0.5) is 0 Å². The standard InChI is InChI=1S/C9H7N3O2S2/c1-15-9-10-2-5(3-11-9)7-12-6(4-16-7)8(13)14/h2-4H,1H3,(H,13,14). The smallest absolute Gasteiger partial charge is 0.355 e. The van der Waals surface area contributed by atoms with E-state index in [4.69, 9.17) is 5.11 Å². The molecule has 1 N–H and O–H groups in total. The van der Waals surface area contributed by atoms with Crippen molar-refractivity contribution >= 4 is 29.1 Å². The summed E-state index contributed by atoms with van der Waals surface area (Å²) in [5.41, 5.74) is 0.782. The van der Waals surface area contributed by atoms with E-state index in [2.05, 4.69) is 15.0 Å². The van der Waals surface area contributed by atoms with E-state index >= 15 is 0 Å². The van der Waals surface area contributed by atoms with Crippen LogP contribution in [0.25, 0.3) is 10.6 Å². The van der Waals surface area contributed by atoms with Crippen LogP contribution in [0.5, 0.6) is 0 Å². The van der Waals surface area contributed by atoms with Crippen LogP contribution in [0.2, 0.25) is 0 Å². The second-order valence-corrected chi connectivity index (χ2v) is 4.43. The third-order valence-electron chi connectivity index (χ3n) is 1.78. The first-order valence-corrected chi connectivity index (χ1v) is 6.36. The molecular weight excluding hydrogens is 246 g/mol. The molecule has 7 heteroatoms. The summed E-state index contributed by atoms with van der Waals surface area (Å²) >= 11 is 2.72. The van der Waals surface area contributed by atoms with Gasteiger partial charge in [-0.05, 0) is 6.26 Å². The molecule has 0 saturated heterocycles. The van der Waals surface area contributed by atoms with E-state index in [1.165, 1.54) is 28.5 Å². The molecule has 5 nitrogen and oxygen atoms in total. The van der Waals surface area contributed by atoms with Crippen molar-refractivity contribution in [1.82, 2.24) is 15.0 Å². The van der Waals surface area contributed by atoms with Gasteiger partial charge in [0, 0.05) is 23.3 Å². The number of aromatic nitrogens is 3. The zero-order chi connectivity index (χ0) is 11.5. The molecule has 0 aliphatic rings. The minimum absolute atomic E-state index is 0.0499. The molecule has 82 valence electrons. The predicted molar refractivity (Wildman–Crippen MR) is 61.9 cm³/mol. The SMILES string of the molecule is CSc1ncc(-c2nc(C(=O)O)cs2)cn1. The summed E-state index contributed by atoms with van der Waals surface area (Å²) < 4.78 is 0. The first-order chi connectivity index (χ1) is 7.70. The predicted octanol–water partition coefficient (Wildman–Crippen LogP) is 2.02. The molecule has 2 aromatic heterocycles. The number of carboxylic acid groups (broad SMARTS) is 1. The highest BCUT2D eigenvalue weighted by molar-refractivity contribution is 7.98. The Bertz CT molecular complexity index is 510. The Morgan fingerprint density at radius 2 is 2.12 bits per heavy atom. The van der Waals surface area contributed by atoms with Crippen molar-refractivity contribution in [2.45, 2.75) is 5.16 Å². The average Bonchev–Trinajstić information content (AvgIpc) is 2.78. The number of hydrogen-bond acceptors (Lipinski definition) is 6. The van der Waals surface area contributed by atoms with Crippen molar-refractivity contribution in [2.24, 2.45) is 0 Å². The lowest BCUT2D eigenvalue weighted by atomic mass is 10.3. The summed E-state index contributed by atoms with van der Waals surface area (Å²) in [6, 6.07) is 0. The highest BCUT2D eigenvalue weighted by Gasteiger charge is 2.10. The second-order valence-electron chi connectivity index (χ2n) is 2.80. The van der Waals surface area contributed by atoms with Crippen molar-refractivity contribution in [3.05, 3.63) is 23.5 Å². The topological polar surface area (TPSA) is 76.0 Å². The molecular formula is C9H7N3O2S2. The minimum Gasteiger partial charge on any atom is -0.476 e. The van der Waals surface area contributed by atoms with E-state index in [-0.39, 0.29) is 5.69 Å². The van der Waals surface area contributed by atoms with Crippen LogP contribution in [0.3, 0.4) is 0 Å². The average molecular weight is 253 g/mol. The van der Waals surface area contributed by atoms with Crippen LogP contribution in [0.1, 0.15) is 10.5 Å². The Labute approximate surface area is 99.6 Å². The number of thiazole rings is 1. The molecule has 0 atom stereocenters. The Hall–Kier alpha value is -1.47. The molecule has 0 spiro atoms. The zero-order valence-corrected chi connectivity index (χ0v) is 9.88. The molecule has 0 aliphatic heterocycles. The third kappa shape index (κ3) is 2.20. The lowest BCUT2D eigenvalue weighted by Gasteiger charge is -1.96. The molecule has 0 fully saturated rings. The molecule has 16 heavy (non-hydrogen) atoms. The second kappa shape index (κ2) is 4.58. The highest BCUT2D eigenvalue weighted by atomic mass is 32.2. The quantitative estimate of drug-likeness (QED) is 0.666. The van der Waals surface area contributed by atoms with Gasteiger partial charge in [-0.1, -0.05) is 11.8 Å². The Balaban J connectivity index is 2.31. The van der Waals surface area contributed by atoms with Crippen molar-refractivity contribution in [1.29, 1.82) is 0 Å². The summed E-state index contributed by atoms with van der Waals surface area (Å²) in [5, 5.41) is 11.5. The maximum absolute atomic E-state index is 10.7.